The molecule has 0 unspecified atom stereocenters. The molecule has 0 spiro atoms. The fourth-order valence-corrected chi connectivity index (χ4v) is 1.53. The van der Waals surface area contributed by atoms with E-state index < -0.39 is 0 Å². The highest BCUT2D eigenvalue weighted by atomic mass is 35.5. The summed E-state index contributed by atoms with van der Waals surface area (Å²) in [6.07, 6.45) is 1.49. The van der Waals surface area contributed by atoms with Gasteiger partial charge in [-0.3, -0.25) is 9.78 Å². The van der Waals surface area contributed by atoms with E-state index in [1.807, 2.05) is 13.8 Å². The Balaban J connectivity index is 2.90. The molecule has 0 fully saturated rings. The number of aromatic nitrogens is 1. The lowest BCUT2D eigenvalue weighted by Gasteiger charge is -2.25. The van der Waals surface area contributed by atoms with Crippen molar-refractivity contribution in [2.24, 2.45) is 0 Å². The molecule has 16 heavy (non-hydrogen) atoms. The van der Waals surface area contributed by atoms with Crippen LogP contribution in [0.1, 0.15) is 24.3 Å². The summed E-state index contributed by atoms with van der Waals surface area (Å²) in [5.74, 6) is -0.216. The number of aliphatic hydroxyl groups is 1. The van der Waals surface area contributed by atoms with Crippen molar-refractivity contribution < 1.29 is 9.90 Å². The van der Waals surface area contributed by atoms with Gasteiger partial charge in [0, 0.05) is 23.8 Å². The monoisotopic (exact) mass is 242 g/mol. The number of nitrogens with zero attached hydrogens (tertiary/aromatic N) is 2. The number of amides is 1. The molecular weight excluding hydrogens is 228 g/mol. The largest absolute Gasteiger partial charge is 0.395 e. The number of rotatable bonds is 4. The maximum absolute atomic E-state index is 12.0. The minimum atomic E-state index is -0.216. The van der Waals surface area contributed by atoms with Crippen LogP contribution in [0.4, 0.5) is 0 Å². The number of carbonyl (C=O) groups is 1. The maximum atomic E-state index is 12.0. The number of hydrogen-bond donors (Lipinski definition) is 1. The lowest BCUT2D eigenvalue weighted by Crippen LogP contribution is -2.39. The second-order valence-corrected chi connectivity index (χ2v) is 4.11. The lowest BCUT2D eigenvalue weighted by molar-refractivity contribution is 0.0659. The van der Waals surface area contributed by atoms with Crippen LogP contribution in [-0.2, 0) is 0 Å². The van der Waals surface area contributed by atoms with Gasteiger partial charge in [0.25, 0.3) is 5.91 Å². The van der Waals surface area contributed by atoms with Crippen LogP contribution in [-0.4, -0.2) is 40.1 Å². The zero-order valence-corrected chi connectivity index (χ0v) is 10.1. The predicted molar refractivity (Wildman–Crippen MR) is 62.5 cm³/mol. The molecule has 0 aromatic carbocycles. The van der Waals surface area contributed by atoms with Crippen molar-refractivity contribution in [3.8, 4) is 0 Å². The Kier molecular flexibility index (Phi) is 4.71. The second kappa shape index (κ2) is 5.82. The molecule has 0 radical (unpaired) electrons. The Morgan fingerprint density at radius 1 is 1.62 bits per heavy atom. The van der Waals surface area contributed by atoms with E-state index in [0.29, 0.717) is 17.3 Å². The fourth-order valence-electron chi connectivity index (χ4n) is 1.37. The number of halogens is 1. The molecule has 1 heterocycles. The Bertz CT molecular complexity index is 369. The highest BCUT2D eigenvalue weighted by Crippen LogP contribution is 2.11. The summed E-state index contributed by atoms with van der Waals surface area (Å²) < 4.78 is 0. The summed E-state index contributed by atoms with van der Waals surface area (Å²) in [5, 5.41) is 9.37. The van der Waals surface area contributed by atoms with Crippen molar-refractivity contribution in [2.45, 2.75) is 19.9 Å². The first-order valence-corrected chi connectivity index (χ1v) is 5.47. The smallest absolute Gasteiger partial charge is 0.272 e. The zero-order chi connectivity index (χ0) is 12.1. The first-order chi connectivity index (χ1) is 7.56. The minimum Gasteiger partial charge on any atom is -0.395 e. The molecule has 88 valence electrons. The van der Waals surface area contributed by atoms with Gasteiger partial charge in [-0.1, -0.05) is 11.6 Å². The van der Waals surface area contributed by atoms with Crippen molar-refractivity contribution in [1.29, 1.82) is 0 Å². The van der Waals surface area contributed by atoms with Crippen LogP contribution in [0.2, 0.25) is 5.02 Å². The van der Waals surface area contributed by atoms with Crippen LogP contribution >= 0.6 is 11.6 Å². The lowest BCUT2D eigenvalue weighted by atomic mass is 10.2. The normalized spacial score (nSPS) is 10.6. The SMILES string of the molecule is CC(C)N(CCO)C(=O)c1cc(Cl)ccn1. The van der Waals surface area contributed by atoms with E-state index in [1.165, 1.54) is 12.3 Å². The molecule has 0 aliphatic heterocycles. The summed E-state index contributed by atoms with van der Waals surface area (Å²) >= 11 is 5.79. The summed E-state index contributed by atoms with van der Waals surface area (Å²) in [5.41, 5.74) is 0.301. The molecule has 1 amide bonds. The van der Waals surface area contributed by atoms with Crippen LogP contribution in [0.25, 0.3) is 0 Å². The highest BCUT2D eigenvalue weighted by molar-refractivity contribution is 6.30. The van der Waals surface area contributed by atoms with Gasteiger partial charge < -0.3 is 10.0 Å². The Morgan fingerprint density at radius 2 is 2.31 bits per heavy atom. The fraction of sp³-hybridized carbons (Fsp3) is 0.455. The topological polar surface area (TPSA) is 53.4 Å². The van der Waals surface area contributed by atoms with E-state index in [1.54, 1.807) is 11.0 Å². The second-order valence-electron chi connectivity index (χ2n) is 3.68. The van der Waals surface area contributed by atoms with Crippen LogP contribution in [0.3, 0.4) is 0 Å². The highest BCUT2D eigenvalue weighted by Gasteiger charge is 2.19. The third kappa shape index (κ3) is 3.18. The van der Waals surface area contributed by atoms with Crippen LogP contribution in [0.15, 0.2) is 18.3 Å². The van der Waals surface area contributed by atoms with E-state index in [0.717, 1.165) is 0 Å². The van der Waals surface area contributed by atoms with Crippen LogP contribution in [0, 0.1) is 0 Å². The molecule has 0 atom stereocenters. The van der Waals surface area contributed by atoms with E-state index in [4.69, 9.17) is 16.7 Å². The molecule has 4 nitrogen and oxygen atoms in total. The molecule has 0 saturated carbocycles. The summed E-state index contributed by atoms with van der Waals surface area (Å²) in [7, 11) is 0. The third-order valence-corrected chi connectivity index (χ3v) is 2.40. The molecule has 1 aromatic rings. The van der Waals surface area contributed by atoms with Gasteiger partial charge in [-0.2, -0.15) is 0 Å². The molecule has 1 rings (SSSR count). The summed E-state index contributed by atoms with van der Waals surface area (Å²) in [6, 6.07) is 3.15. The average molecular weight is 243 g/mol. The van der Waals surface area contributed by atoms with Crippen molar-refractivity contribution in [2.75, 3.05) is 13.2 Å². The standard InChI is InChI=1S/C11H15ClN2O2/c1-8(2)14(5-6-15)11(16)10-7-9(12)3-4-13-10/h3-4,7-8,15H,5-6H2,1-2H3. The van der Waals surface area contributed by atoms with Gasteiger partial charge in [0.05, 0.1) is 6.61 Å². The first-order valence-electron chi connectivity index (χ1n) is 5.09. The van der Waals surface area contributed by atoms with Crippen molar-refractivity contribution >= 4 is 17.5 Å². The van der Waals surface area contributed by atoms with E-state index in [9.17, 15) is 4.79 Å². The van der Waals surface area contributed by atoms with E-state index in [2.05, 4.69) is 4.98 Å². The first kappa shape index (κ1) is 12.9. The molecule has 1 aromatic heterocycles. The quantitative estimate of drug-likeness (QED) is 0.872. The van der Waals surface area contributed by atoms with Gasteiger partial charge in [-0.05, 0) is 26.0 Å². The minimum absolute atomic E-state index is 0.0143. The Labute approximate surface area is 99.9 Å². The van der Waals surface area contributed by atoms with Crippen molar-refractivity contribution in [3.05, 3.63) is 29.0 Å². The van der Waals surface area contributed by atoms with Crippen LogP contribution < -0.4 is 0 Å². The average Bonchev–Trinajstić information content (AvgIpc) is 2.24. The zero-order valence-electron chi connectivity index (χ0n) is 9.35. The number of pyridine rings is 1. The van der Waals surface area contributed by atoms with Crippen LogP contribution in [0.5, 0.6) is 0 Å². The van der Waals surface area contributed by atoms with Gasteiger partial charge in [-0.25, -0.2) is 0 Å². The number of hydrogen-bond acceptors (Lipinski definition) is 3. The third-order valence-electron chi connectivity index (χ3n) is 2.17. The molecular formula is C11H15ClN2O2. The Morgan fingerprint density at radius 3 is 2.81 bits per heavy atom. The molecule has 1 N–H and O–H groups in total. The number of aliphatic hydroxyl groups excluding tert-OH is 1. The molecule has 5 heteroatoms. The van der Waals surface area contributed by atoms with E-state index in [-0.39, 0.29) is 18.6 Å². The maximum Gasteiger partial charge on any atom is 0.272 e. The molecule has 0 aliphatic rings. The summed E-state index contributed by atoms with van der Waals surface area (Å²) in [4.78, 5) is 17.5. The van der Waals surface area contributed by atoms with Gasteiger partial charge in [0.1, 0.15) is 5.69 Å². The molecule has 0 saturated heterocycles. The number of carbonyl (C=O) groups excluding carboxylic acids is 1. The van der Waals surface area contributed by atoms with Crippen molar-refractivity contribution in [1.82, 2.24) is 9.88 Å². The summed E-state index contributed by atoms with van der Waals surface area (Å²) in [6.45, 7) is 4.01. The molecule has 0 bridgehead atoms. The van der Waals surface area contributed by atoms with Gasteiger partial charge in [0.15, 0.2) is 0 Å². The Hall–Kier alpha value is -1.13. The van der Waals surface area contributed by atoms with Gasteiger partial charge >= 0.3 is 0 Å². The molecule has 0 aliphatic carbocycles. The van der Waals surface area contributed by atoms with Gasteiger partial charge in [-0.15, -0.1) is 0 Å². The van der Waals surface area contributed by atoms with Crippen molar-refractivity contribution in [3.63, 3.8) is 0 Å². The van der Waals surface area contributed by atoms with Gasteiger partial charge in [0.2, 0.25) is 0 Å². The predicted octanol–water partition coefficient (Wildman–Crippen LogP) is 1.58. The van der Waals surface area contributed by atoms with E-state index >= 15 is 0 Å².